The lowest BCUT2D eigenvalue weighted by molar-refractivity contribution is 0.627. The van der Waals surface area contributed by atoms with E-state index in [2.05, 4.69) is 15.3 Å². The summed E-state index contributed by atoms with van der Waals surface area (Å²) in [4.78, 5) is 8.63. The molecule has 0 atom stereocenters. The van der Waals surface area contributed by atoms with Crippen molar-refractivity contribution in [1.82, 2.24) is 9.97 Å². The van der Waals surface area contributed by atoms with Crippen LogP contribution >= 0.6 is 0 Å². The number of benzene rings is 1. The van der Waals surface area contributed by atoms with E-state index in [-0.39, 0.29) is 5.82 Å². The van der Waals surface area contributed by atoms with Gasteiger partial charge in [-0.1, -0.05) is 12.1 Å². The summed E-state index contributed by atoms with van der Waals surface area (Å²) in [6.45, 7) is 4.59. The highest BCUT2D eigenvalue weighted by atomic mass is 19.1. The number of aryl methyl sites for hydroxylation is 2. The molecule has 0 fully saturated rings. The molecule has 0 spiro atoms. The molecule has 4 heteroatoms. The van der Waals surface area contributed by atoms with Gasteiger partial charge < -0.3 is 5.32 Å². The Labute approximate surface area is 106 Å². The van der Waals surface area contributed by atoms with Crippen LogP contribution in [0.1, 0.15) is 17.0 Å². The number of nitrogens with one attached hydrogen (secondary N) is 1. The van der Waals surface area contributed by atoms with Crippen molar-refractivity contribution in [3.63, 3.8) is 0 Å². The molecule has 0 radical (unpaired) electrons. The molecule has 2 aromatic rings. The average molecular weight is 245 g/mol. The second-order valence-electron chi connectivity index (χ2n) is 4.25. The van der Waals surface area contributed by atoms with E-state index in [4.69, 9.17) is 0 Å². The number of hydrogen-bond acceptors (Lipinski definition) is 3. The summed E-state index contributed by atoms with van der Waals surface area (Å²) in [6.07, 6.45) is 2.58. The SMILES string of the molecule is Cc1cnc(C)c(NCCc2ccc(F)cc2)n1. The van der Waals surface area contributed by atoms with Gasteiger partial charge in [0.25, 0.3) is 0 Å². The Kier molecular flexibility index (Phi) is 3.87. The van der Waals surface area contributed by atoms with Crippen LogP contribution in [0.25, 0.3) is 0 Å². The third kappa shape index (κ3) is 3.26. The van der Waals surface area contributed by atoms with Crippen LogP contribution in [-0.4, -0.2) is 16.5 Å². The summed E-state index contributed by atoms with van der Waals surface area (Å²) in [5.74, 6) is 0.615. The predicted octanol–water partition coefficient (Wildman–Crippen LogP) is 2.89. The number of aromatic nitrogens is 2. The molecule has 0 saturated heterocycles. The summed E-state index contributed by atoms with van der Waals surface area (Å²) >= 11 is 0. The molecule has 0 aliphatic carbocycles. The highest BCUT2D eigenvalue weighted by Gasteiger charge is 2.01. The zero-order valence-corrected chi connectivity index (χ0v) is 10.6. The monoisotopic (exact) mass is 245 g/mol. The molecule has 0 amide bonds. The lowest BCUT2D eigenvalue weighted by atomic mass is 10.1. The second-order valence-corrected chi connectivity index (χ2v) is 4.25. The molecule has 0 bridgehead atoms. The first-order valence-corrected chi connectivity index (χ1v) is 5.94. The van der Waals surface area contributed by atoms with Crippen molar-refractivity contribution < 1.29 is 4.39 Å². The lowest BCUT2D eigenvalue weighted by Gasteiger charge is -2.08. The number of nitrogens with zero attached hydrogens (tertiary/aromatic N) is 2. The minimum Gasteiger partial charge on any atom is -0.368 e. The number of rotatable bonds is 4. The van der Waals surface area contributed by atoms with Crippen molar-refractivity contribution in [1.29, 1.82) is 0 Å². The molecule has 0 saturated carbocycles. The molecule has 0 unspecified atom stereocenters. The number of anilines is 1. The fourth-order valence-corrected chi connectivity index (χ4v) is 1.68. The van der Waals surface area contributed by atoms with Crippen LogP contribution < -0.4 is 5.32 Å². The zero-order chi connectivity index (χ0) is 13.0. The van der Waals surface area contributed by atoms with Gasteiger partial charge in [-0.2, -0.15) is 0 Å². The van der Waals surface area contributed by atoms with Crippen LogP contribution in [0.4, 0.5) is 10.2 Å². The van der Waals surface area contributed by atoms with Gasteiger partial charge in [-0.25, -0.2) is 9.37 Å². The maximum Gasteiger partial charge on any atom is 0.147 e. The summed E-state index contributed by atoms with van der Waals surface area (Å²) in [7, 11) is 0. The first-order chi connectivity index (χ1) is 8.65. The van der Waals surface area contributed by atoms with Crippen molar-refractivity contribution in [2.45, 2.75) is 20.3 Å². The summed E-state index contributed by atoms with van der Waals surface area (Å²) in [5, 5.41) is 3.25. The van der Waals surface area contributed by atoms with Gasteiger partial charge in [-0.05, 0) is 38.0 Å². The van der Waals surface area contributed by atoms with Crippen LogP contribution in [0.15, 0.2) is 30.5 Å². The largest absolute Gasteiger partial charge is 0.368 e. The van der Waals surface area contributed by atoms with E-state index < -0.39 is 0 Å². The minimum absolute atomic E-state index is 0.202. The summed E-state index contributed by atoms with van der Waals surface area (Å²) < 4.78 is 12.7. The molecule has 0 aliphatic heterocycles. The smallest absolute Gasteiger partial charge is 0.147 e. The van der Waals surface area contributed by atoms with Crippen LogP contribution in [0, 0.1) is 19.7 Å². The van der Waals surface area contributed by atoms with E-state index in [1.165, 1.54) is 12.1 Å². The second kappa shape index (κ2) is 5.58. The summed E-state index contributed by atoms with van der Waals surface area (Å²) in [6, 6.07) is 6.55. The molecule has 1 aromatic heterocycles. The Morgan fingerprint density at radius 3 is 2.61 bits per heavy atom. The van der Waals surface area contributed by atoms with E-state index in [9.17, 15) is 4.39 Å². The Morgan fingerprint density at radius 2 is 1.89 bits per heavy atom. The molecule has 3 nitrogen and oxygen atoms in total. The molecule has 1 aromatic carbocycles. The average Bonchev–Trinajstić information content (AvgIpc) is 2.36. The van der Waals surface area contributed by atoms with Gasteiger partial charge >= 0.3 is 0 Å². The van der Waals surface area contributed by atoms with Gasteiger partial charge in [0.2, 0.25) is 0 Å². The molecule has 1 N–H and O–H groups in total. The fraction of sp³-hybridized carbons (Fsp3) is 0.286. The molecule has 2 rings (SSSR count). The minimum atomic E-state index is -0.202. The van der Waals surface area contributed by atoms with Gasteiger partial charge in [-0.15, -0.1) is 0 Å². The standard InChI is InChI=1S/C14H16FN3/c1-10-9-17-11(2)14(18-10)16-8-7-12-3-5-13(15)6-4-12/h3-6,9H,7-8H2,1-2H3,(H,16,18). The van der Waals surface area contributed by atoms with E-state index in [0.29, 0.717) is 0 Å². The molecule has 1 heterocycles. The van der Waals surface area contributed by atoms with Gasteiger partial charge in [0.15, 0.2) is 0 Å². The Hall–Kier alpha value is -1.97. The molecular weight excluding hydrogens is 229 g/mol. The number of halogens is 1. The predicted molar refractivity (Wildman–Crippen MR) is 70.1 cm³/mol. The Bertz CT molecular complexity index is 523. The topological polar surface area (TPSA) is 37.8 Å². The first kappa shape index (κ1) is 12.5. The lowest BCUT2D eigenvalue weighted by Crippen LogP contribution is -2.09. The highest BCUT2D eigenvalue weighted by Crippen LogP contribution is 2.09. The van der Waals surface area contributed by atoms with Crippen molar-refractivity contribution in [2.24, 2.45) is 0 Å². The van der Waals surface area contributed by atoms with Crippen LogP contribution in [0.3, 0.4) is 0 Å². The van der Waals surface area contributed by atoms with E-state index >= 15 is 0 Å². The fourth-order valence-electron chi connectivity index (χ4n) is 1.68. The van der Waals surface area contributed by atoms with Crippen molar-refractivity contribution in [3.05, 3.63) is 53.2 Å². The van der Waals surface area contributed by atoms with Crippen LogP contribution in [0.2, 0.25) is 0 Å². The van der Waals surface area contributed by atoms with Gasteiger partial charge in [-0.3, -0.25) is 4.98 Å². The van der Waals surface area contributed by atoms with Crippen LogP contribution in [-0.2, 0) is 6.42 Å². The molecular formula is C14H16FN3. The van der Waals surface area contributed by atoms with Crippen LogP contribution in [0.5, 0.6) is 0 Å². The van der Waals surface area contributed by atoms with Gasteiger partial charge in [0.1, 0.15) is 11.6 Å². The highest BCUT2D eigenvalue weighted by molar-refractivity contribution is 5.39. The Balaban J connectivity index is 1.92. The van der Waals surface area contributed by atoms with Gasteiger partial charge in [0, 0.05) is 12.7 Å². The maximum atomic E-state index is 12.7. The van der Waals surface area contributed by atoms with E-state index in [1.54, 1.807) is 18.3 Å². The normalized spacial score (nSPS) is 10.4. The molecule has 0 aliphatic rings. The molecule has 94 valence electrons. The third-order valence-electron chi connectivity index (χ3n) is 2.70. The Morgan fingerprint density at radius 1 is 1.17 bits per heavy atom. The third-order valence-corrected chi connectivity index (χ3v) is 2.70. The summed E-state index contributed by atoms with van der Waals surface area (Å²) in [5.41, 5.74) is 2.88. The first-order valence-electron chi connectivity index (χ1n) is 5.94. The van der Waals surface area contributed by atoms with E-state index in [1.807, 2.05) is 13.8 Å². The zero-order valence-electron chi connectivity index (χ0n) is 10.6. The van der Waals surface area contributed by atoms with Crippen molar-refractivity contribution >= 4 is 5.82 Å². The maximum absolute atomic E-state index is 12.7. The van der Waals surface area contributed by atoms with Crippen molar-refractivity contribution in [3.8, 4) is 0 Å². The van der Waals surface area contributed by atoms with Gasteiger partial charge in [0.05, 0.1) is 11.4 Å². The van der Waals surface area contributed by atoms with E-state index in [0.717, 1.165) is 35.7 Å². The number of hydrogen-bond donors (Lipinski definition) is 1. The molecule has 18 heavy (non-hydrogen) atoms. The van der Waals surface area contributed by atoms with Crippen molar-refractivity contribution in [2.75, 3.05) is 11.9 Å². The quantitative estimate of drug-likeness (QED) is 0.900.